The van der Waals surface area contributed by atoms with Crippen LogP contribution in [0.2, 0.25) is 0 Å². The van der Waals surface area contributed by atoms with E-state index >= 15 is 0 Å². The molecule has 6 heteroatoms. The maximum absolute atomic E-state index is 12.9. The molecule has 19 heavy (non-hydrogen) atoms. The van der Waals surface area contributed by atoms with Crippen LogP contribution in [0.15, 0.2) is 24.3 Å². The van der Waals surface area contributed by atoms with Gasteiger partial charge in [0.2, 0.25) is 5.91 Å². The number of alkyl halides is 2. The van der Waals surface area contributed by atoms with Gasteiger partial charge in [-0.25, -0.2) is 8.78 Å². The number of hydrogen-bond donors (Lipinski definition) is 3. The summed E-state index contributed by atoms with van der Waals surface area (Å²) in [6.07, 6.45) is -0.463. The standard InChI is InChI=1S/C13H16F2N2O2/c14-13(15)5-11(17-8-13)12(19)16-6-9-2-1-3-10(4-9)7-18/h1-4,11,17-18H,5-8H2,(H,16,19). The molecule has 0 bridgehead atoms. The minimum Gasteiger partial charge on any atom is -0.392 e. The molecule has 1 aliphatic rings. The van der Waals surface area contributed by atoms with Crippen molar-refractivity contribution in [2.24, 2.45) is 0 Å². The fourth-order valence-corrected chi connectivity index (χ4v) is 2.05. The monoisotopic (exact) mass is 270 g/mol. The highest BCUT2D eigenvalue weighted by Crippen LogP contribution is 2.25. The number of benzene rings is 1. The number of aliphatic hydroxyl groups is 1. The highest BCUT2D eigenvalue weighted by Gasteiger charge is 2.42. The van der Waals surface area contributed by atoms with Gasteiger partial charge >= 0.3 is 0 Å². The predicted molar refractivity (Wildman–Crippen MR) is 65.6 cm³/mol. The number of carbonyl (C=O) groups excluding carboxylic acids is 1. The summed E-state index contributed by atoms with van der Waals surface area (Å²) in [5, 5.41) is 14.1. The lowest BCUT2D eigenvalue weighted by Gasteiger charge is -2.11. The maximum atomic E-state index is 12.9. The van der Waals surface area contributed by atoms with Crippen molar-refractivity contribution in [3.05, 3.63) is 35.4 Å². The smallest absolute Gasteiger partial charge is 0.262 e. The number of carbonyl (C=O) groups is 1. The summed E-state index contributed by atoms with van der Waals surface area (Å²) in [6.45, 7) is -0.264. The van der Waals surface area contributed by atoms with Crippen LogP contribution in [0.3, 0.4) is 0 Å². The van der Waals surface area contributed by atoms with E-state index < -0.39 is 30.8 Å². The van der Waals surface area contributed by atoms with Crippen LogP contribution in [0.25, 0.3) is 0 Å². The van der Waals surface area contributed by atoms with E-state index in [1.54, 1.807) is 24.3 Å². The van der Waals surface area contributed by atoms with Crippen LogP contribution in [0.1, 0.15) is 17.5 Å². The Kier molecular flexibility index (Phi) is 4.11. The van der Waals surface area contributed by atoms with E-state index in [0.29, 0.717) is 0 Å². The van der Waals surface area contributed by atoms with Gasteiger partial charge in [0.15, 0.2) is 0 Å². The summed E-state index contributed by atoms with van der Waals surface area (Å²) in [4.78, 5) is 11.7. The minimum absolute atomic E-state index is 0.0712. The van der Waals surface area contributed by atoms with E-state index in [1.807, 2.05) is 0 Å². The van der Waals surface area contributed by atoms with Crippen molar-refractivity contribution in [3.63, 3.8) is 0 Å². The molecule has 1 unspecified atom stereocenters. The molecule has 0 radical (unpaired) electrons. The van der Waals surface area contributed by atoms with E-state index in [-0.39, 0.29) is 13.2 Å². The van der Waals surface area contributed by atoms with Gasteiger partial charge in [-0.05, 0) is 11.1 Å². The maximum Gasteiger partial charge on any atom is 0.262 e. The summed E-state index contributed by atoms with van der Waals surface area (Å²) in [5.41, 5.74) is 1.57. The second kappa shape index (κ2) is 5.63. The van der Waals surface area contributed by atoms with Crippen molar-refractivity contribution in [2.75, 3.05) is 6.54 Å². The van der Waals surface area contributed by atoms with Crippen molar-refractivity contribution >= 4 is 5.91 Å². The van der Waals surface area contributed by atoms with Crippen LogP contribution < -0.4 is 10.6 Å². The van der Waals surface area contributed by atoms with Gasteiger partial charge in [0, 0.05) is 13.0 Å². The van der Waals surface area contributed by atoms with Gasteiger partial charge in [-0.3, -0.25) is 10.1 Å². The molecule has 0 aromatic heterocycles. The first-order chi connectivity index (χ1) is 9.00. The van der Waals surface area contributed by atoms with Gasteiger partial charge in [0.1, 0.15) is 0 Å². The first-order valence-corrected chi connectivity index (χ1v) is 6.08. The average Bonchev–Trinajstić information content (AvgIpc) is 2.76. The predicted octanol–water partition coefficient (Wildman–Crippen LogP) is 0.792. The van der Waals surface area contributed by atoms with Gasteiger partial charge in [-0.1, -0.05) is 24.3 Å². The molecule has 3 N–H and O–H groups in total. The second-order valence-corrected chi connectivity index (χ2v) is 4.69. The molecule has 1 aliphatic heterocycles. The summed E-state index contributed by atoms with van der Waals surface area (Å²) in [7, 11) is 0. The molecule has 0 saturated carbocycles. The van der Waals surface area contributed by atoms with Crippen LogP contribution >= 0.6 is 0 Å². The fraction of sp³-hybridized carbons (Fsp3) is 0.462. The third kappa shape index (κ3) is 3.71. The Labute approximate surface area is 109 Å². The average molecular weight is 270 g/mol. The third-order valence-electron chi connectivity index (χ3n) is 3.07. The fourth-order valence-electron chi connectivity index (χ4n) is 2.05. The van der Waals surface area contributed by atoms with Crippen LogP contribution in [0, 0.1) is 0 Å². The van der Waals surface area contributed by atoms with Gasteiger partial charge in [-0.2, -0.15) is 0 Å². The van der Waals surface area contributed by atoms with Crippen molar-refractivity contribution in [3.8, 4) is 0 Å². The summed E-state index contributed by atoms with van der Waals surface area (Å²) >= 11 is 0. The molecule has 1 amide bonds. The molecular formula is C13H16F2N2O2. The lowest BCUT2D eigenvalue weighted by Crippen LogP contribution is -2.40. The Morgan fingerprint density at radius 1 is 1.47 bits per heavy atom. The van der Waals surface area contributed by atoms with Gasteiger partial charge in [0.25, 0.3) is 5.92 Å². The Morgan fingerprint density at radius 2 is 2.21 bits per heavy atom. The number of nitrogens with one attached hydrogen (secondary N) is 2. The molecule has 0 aliphatic carbocycles. The molecule has 1 saturated heterocycles. The molecule has 1 fully saturated rings. The first-order valence-electron chi connectivity index (χ1n) is 6.08. The number of rotatable bonds is 4. The largest absolute Gasteiger partial charge is 0.392 e. The van der Waals surface area contributed by atoms with Crippen molar-refractivity contribution < 1.29 is 18.7 Å². The van der Waals surface area contributed by atoms with Crippen LogP contribution in [-0.2, 0) is 17.9 Å². The molecule has 0 spiro atoms. The number of aliphatic hydroxyl groups excluding tert-OH is 1. The van der Waals surface area contributed by atoms with Crippen LogP contribution in [0.5, 0.6) is 0 Å². The Balaban J connectivity index is 1.86. The molecule has 1 aromatic carbocycles. The van der Waals surface area contributed by atoms with Gasteiger partial charge < -0.3 is 10.4 Å². The topological polar surface area (TPSA) is 61.4 Å². The molecule has 1 aromatic rings. The van der Waals surface area contributed by atoms with E-state index in [1.165, 1.54) is 0 Å². The van der Waals surface area contributed by atoms with E-state index in [9.17, 15) is 13.6 Å². The van der Waals surface area contributed by atoms with Gasteiger partial charge in [-0.15, -0.1) is 0 Å². The van der Waals surface area contributed by atoms with Crippen molar-refractivity contribution in [1.82, 2.24) is 10.6 Å². The van der Waals surface area contributed by atoms with Gasteiger partial charge in [0.05, 0.1) is 19.2 Å². The van der Waals surface area contributed by atoms with E-state index in [2.05, 4.69) is 10.6 Å². The van der Waals surface area contributed by atoms with Crippen molar-refractivity contribution in [1.29, 1.82) is 0 Å². The van der Waals surface area contributed by atoms with Crippen LogP contribution in [-0.4, -0.2) is 29.5 Å². The number of hydrogen-bond acceptors (Lipinski definition) is 3. The molecule has 4 nitrogen and oxygen atoms in total. The first kappa shape index (κ1) is 13.9. The Morgan fingerprint density at radius 3 is 2.84 bits per heavy atom. The SMILES string of the molecule is O=C(NCc1cccc(CO)c1)C1CC(F)(F)CN1. The van der Waals surface area contributed by atoms with Crippen molar-refractivity contribution in [2.45, 2.75) is 31.5 Å². The lowest BCUT2D eigenvalue weighted by atomic mass is 10.1. The quantitative estimate of drug-likeness (QED) is 0.758. The Hall–Kier alpha value is -1.53. The second-order valence-electron chi connectivity index (χ2n) is 4.69. The molecule has 104 valence electrons. The zero-order valence-corrected chi connectivity index (χ0v) is 10.3. The molecule has 1 heterocycles. The number of halogens is 2. The van der Waals surface area contributed by atoms with E-state index in [0.717, 1.165) is 11.1 Å². The van der Waals surface area contributed by atoms with Crippen LogP contribution in [0.4, 0.5) is 8.78 Å². The zero-order valence-electron chi connectivity index (χ0n) is 10.3. The van der Waals surface area contributed by atoms with E-state index in [4.69, 9.17) is 5.11 Å². The number of amides is 1. The molecule has 1 atom stereocenters. The Bertz CT molecular complexity index is 466. The molecular weight excluding hydrogens is 254 g/mol. The summed E-state index contributed by atoms with van der Waals surface area (Å²) in [5.74, 6) is -3.23. The highest BCUT2D eigenvalue weighted by molar-refractivity contribution is 5.82. The normalized spacial score (nSPS) is 21.3. The third-order valence-corrected chi connectivity index (χ3v) is 3.07. The molecule has 2 rings (SSSR count). The summed E-state index contributed by atoms with van der Waals surface area (Å²) < 4.78 is 25.9. The lowest BCUT2D eigenvalue weighted by molar-refractivity contribution is -0.123. The zero-order chi connectivity index (χ0) is 13.9. The minimum atomic E-state index is -2.81. The highest BCUT2D eigenvalue weighted by atomic mass is 19.3. The summed E-state index contributed by atoms with van der Waals surface area (Å²) in [6, 6.07) is 6.27.